The molecule has 0 spiro atoms. The maximum atomic E-state index is 12.5. The van der Waals surface area contributed by atoms with Crippen molar-refractivity contribution < 1.29 is 4.79 Å². The van der Waals surface area contributed by atoms with Gasteiger partial charge in [0.05, 0.1) is 22.2 Å². The largest absolute Gasteiger partial charge is 0.390 e. The molecule has 0 aliphatic heterocycles. The van der Waals surface area contributed by atoms with Gasteiger partial charge < -0.3 is 5.73 Å². The number of anilines is 1. The first kappa shape index (κ1) is 11.9. The summed E-state index contributed by atoms with van der Waals surface area (Å²) >= 11 is 1.54. The number of aryl methyl sites for hydroxylation is 1. The van der Waals surface area contributed by atoms with Crippen LogP contribution in [0.5, 0.6) is 0 Å². The minimum absolute atomic E-state index is 0.0265. The number of benzene rings is 1. The minimum Gasteiger partial charge on any atom is -0.390 e. The van der Waals surface area contributed by atoms with E-state index in [1.54, 1.807) is 24.3 Å². The SMILES string of the molecule is N#Cc1ccc(C(=O)c2c(N)sc3c2CCC3)cc1. The van der Waals surface area contributed by atoms with Gasteiger partial charge in [-0.1, -0.05) is 0 Å². The first-order chi connectivity index (χ1) is 9.20. The number of fused-ring (bicyclic) bond motifs is 1. The van der Waals surface area contributed by atoms with E-state index in [2.05, 4.69) is 0 Å². The Labute approximate surface area is 115 Å². The third-order valence-electron chi connectivity index (χ3n) is 3.45. The van der Waals surface area contributed by atoms with Crippen molar-refractivity contribution in [1.29, 1.82) is 5.26 Å². The number of ketones is 1. The van der Waals surface area contributed by atoms with E-state index in [0.717, 1.165) is 24.8 Å². The Bertz CT molecular complexity index is 692. The van der Waals surface area contributed by atoms with Crippen LogP contribution < -0.4 is 5.73 Å². The zero-order chi connectivity index (χ0) is 13.4. The molecule has 0 unspecified atom stereocenters. The lowest BCUT2D eigenvalue weighted by atomic mass is 9.99. The molecule has 3 nitrogen and oxygen atoms in total. The average Bonchev–Trinajstić information content (AvgIpc) is 2.98. The highest BCUT2D eigenvalue weighted by atomic mass is 32.1. The molecular formula is C15H12N2OS. The summed E-state index contributed by atoms with van der Waals surface area (Å²) in [5.41, 5.74) is 8.96. The van der Waals surface area contributed by atoms with Crippen LogP contribution in [0.4, 0.5) is 5.00 Å². The number of hydrogen-bond donors (Lipinski definition) is 1. The van der Waals surface area contributed by atoms with Crippen molar-refractivity contribution in [2.75, 3.05) is 5.73 Å². The highest BCUT2D eigenvalue weighted by Gasteiger charge is 2.25. The van der Waals surface area contributed by atoms with Gasteiger partial charge in [0.15, 0.2) is 5.78 Å². The van der Waals surface area contributed by atoms with E-state index in [9.17, 15) is 4.79 Å². The zero-order valence-corrected chi connectivity index (χ0v) is 11.1. The molecule has 2 aromatic rings. The second kappa shape index (κ2) is 4.52. The molecule has 1 heterocycles. The Morgan fingerprint density at radius 1 is 1.26 bits per heavy atom. The third-order valence-corrected chi connectivity index (χ3v) is 4.57. The number of carbonyl (C=O) groups excluding carboxylic acids is 1. The molecule has 0 atom stereocenters. The molecule has 1 aliphatic rings. The van der Waals surface area contributed by atoms with Crippen molar-refractivity contribution >= 4 is 22.1 Å². The summed E-state index contributed by atoms with van der Waals surface area (Å²) in [6, 6.07) is 8.76. The summed E-state index contributed by atoms with van der Waals surface area (Å²) in [7, 11) is 0. The van der Waals surface area contributed by atoms with Gasteiger partial charge in [0.25, 0.3) is 0 Å². The van der Waals surface area contributed by atoms with Crippen LogP contribution in [-0.4, -0.2) is 5.78 Å². The van der Waals surface area contributed by atoms with Crippen molar-refractivity contribution in [2.45, 2.75) is 19.3 Å². The van der Waals surface area contributed by atoms with Crippen LogP contribution in [0.15, 0.2) is 24.3 Å². The van der Waals surface area contributed by atoms with Gasteiger partial charge in [-0.05, 0) is 49.1 Å². The predicted octanol–water partition coefficient (Wildman–Crippen LogP) is 2.92. The number of carbonyl (C=O) groups is 1. The molecule has 94 valence electrons. The summed E-state index contributed by atoms with van der Waals surface area (Å²) in [5.74, 6) is -0.0265. The first-order valence-corrected chi connectivity index (χ1v) is 6.97. The summed E-state index contributed by atoms with van der Waals surface area (Å²) in [4.78, 5) is 13.8. The maximum Gasteiger partial charge on any atom is 0.196 e. The van der Waals surface area contributed by atoms with Gasteiger partial charge in [-0.3, -0.25) is 4.79 Å². The van der Waals surface area contributed by atoms with Crippen LogP contribution in [0, 0.1) is 11.3 Å². The molecule has 1 aromatic carbocycles. The van der Waals surface area contributed by atoms with Gasteiger partial charge in [-0.25, -0.2) is 0 Å². The lowest BCUT2D eigenvalue weighted by Gasteiger charge is -2.03. The van der Waals surface area contributed by atoms with Gasteiger partial charge in [0.2, 0.25) is 0 Å². The van der Waals surface area contributed by atoms with E-state index in [4.69, 9.17) is 11.0 Å². The summed E-state index contributed by atoms with van der Waals surface area (Å²) in [6.45, 7) is 0. The summed E-state index contributed by atoms with van der Waals surface area (Å²) in [5, 5.41) is 9.39. The van der Waals surface area contributed by atoms with Crippen LogP contribution in [0.2, 0.25) is 0 Å². The molecule has 0 bridgehead atoms. The standard InChI is InChI=1S/C15H12N2OS/c16-8-9-4-6-10(7-5-9)14(18)13-11-2-1-3-12(11)19-15(13)17/h4-7H,1-3,17H2. The molecule has 1 aromatic heterocycles. The second-order valence-corrected chi connectivity index (χ2v) is 5.75. The van der Waals surface area contributed by atoms with E-state index < -0.39 is 0 Å². The Balaban J connectivity index is 2.02. The van der Waals surface area contributed by atoms with Crippen molar-refractivity contribution in [3.63, 3.8) is 0 Å². The Morgan fingerprint density at radius 3 is 2.68 bits per heavy atom. The fourth-order valence-corrected chi connectivity index (χ4v) is 3.67. The fourth-order valence-electron chi connectivity index (χ4n) is 2.51. The van der Waals surface area contributed by atoms with Crippen molar-refractivity contribution in [1.82, 2.24) is 0 Å². The summed E-state index contributed by atoms with van der Waals surface area (Å²) < 4.78 is 0. The van der Waals surface area contributed by atoms with Crippen molar-refractivity contribution in [2.24, 2.45) is 0 Å². The van der Waals surface area contributed by atoms with Crippen molar-refractivity contribution in [3.05, 3.63) is 51.4 Å². The monoisotopic (exact) mass is 268 g/mol. The number of nitrogens with zero attached hydrogens (tertiary/aromatic N) is 1. The van der Waals surface area contributed by atoms with Crippen LogP contribution in [-0.2, 0) is 12.8 Å². The molecule has 19 heavy (non-hydrogen) atoms. The van der Waals surface area contributed by atoms with Gasteiger partial charge in [0.1, 0.15) is 0 Å². The van der Waals surface area contributed by atoms with E-state index >= 15 is 0 Å². The molecule has 2 N–H and O–H groups in total. The lowest BCUT2D eigenvalue weighted by molar-refractivity contribution is 0.103. The lowest BCUT2D eigenvalue weighted by Crippen LogP contribution is -2.05. The number of thiophene rings is 1. The number of nitriles is 1. The van der Waals surface area contributed by atoms with Gasteiger partial charge in [0, 0.05) is 10.4 Å². The van der Waals surface area contributed by atoms with Gasteiger partial charge in [-0.15, -0.1) is 11.3 Å². The molecule has 0 saturated carbocycles. The number of nitrogen functional groups attached to an aromatic ring is 1. The van der Waals surface area contributed by atoms with E-state index in [0.29, 0.717) is 21.7 Å². The second-order valence-electron chi connectivity index (χ2n) is 4.61. The minimum atomic E-state index is -0.0265. The fraction of sp³-hybridized carbons (Fsp3) is 0.200. The Kier molecular flexibility index (Phi) is 2.84. The van der Waals surface area contributed by atoms with E-state index in [-0.39, 0.29) is 5.78 Å². The molecule has 4 heteroatoms. The van der Waals surface area contributed by atoms with Gasteiger partial charge >= 0.3 is 0 Å². The van der Waals surface area contributed by atoms with Crippen LogP contribution in [0.1, 0.15) is 38.3 Å². The number of nitrogens with two attached hydrogens (primary N) is 1. The average molecular weight is 268 g/mol. The number of rotatable bonds is 2. The van der Waals surface area contributed by atoms with E-state index in [1.165, 1.54) is 16.2 Å². The molecule has 0 saturated heterocycles. The van der Waals surface area contributed by atoms with E-state index in [1.807, 2.05) is 6.07 Å². The predicted molar refractivity (Wildman–Crippen MR) is 75.3 cm³/mol. The number of hydrogen-bond acceptors (Lipinski definition) is 4. The summed E-state index contributed by atoms with van der Waals surface area (Å²) in [6.07, 6.45) is 3.08. The van der Waals surface area contributed by atoms with Crippen LogP contribution in [0.25, 0.3) is 0 Å². The van der Waals surface area contributed by atoms with Crippen LogP contribution >= 0.6 is 11.3 Å². The first-order valence-electron chi connectivity index (χ1n) is 6.15. The molecule has 3 rings (SSSR count). The van der Waals surface area contributed by atoms with Crippen LogP contribution in [0.3, 0.4) is 0 Å². The Hall–Kier alpha value is -2.12. The zero-order valence-electron chi connectivity index (χ0n) is 10.3. The van der Waals surface area contributed by atoms with Crippen molar-refractivity contribution in [3.8, 4) is 6.07 Å². The third kappa shape index (κ3) is 1.92. The molecule has 0 amide bonds. The molecule has 0 radical (unpaired) electrons. The molecule has 1 aliphatic carbocycles. The highest BCUT2D eigenvalue weighted by Crippen LogP contribution is 2.38. The molecular weight excluding hydrogens is 256 g/mol. The van der Waals surface area contributed by atoms with Gasteiger partial charge in [-0.2, -0.15) is 5.26 Å². The highest BCUT2D eigenvalue weighted by molar-refractivity contribution is 7.16. The topological polar surface area (TPSA) is 66.9 Å². The smallest absolute Gasteiger partial charge is 0.196 e. The Morgan fingerprint density at radius 2 is 2.00 bits per heavy atom. The quantitative estimate of drug-likeness (QED) is 0.851. The molecule has 0 fully saturated rings. The maximum absolute atomic E-state index is 12.5. The normalized spacial score (nSPS) is 13.0.